The van der Waals surface area contributed by atoms with Crippen molar-refractivity contribution in [2.75, 3.05) is 32.6 Å². The number of nitrogens with zero attached hydrogens (tertiary/aromatic N) is 2. The lowest BCUT2D eigenvalue weighted by Gasteiger charge is -2.29. The first kappa shape index (κ1) is 34.2. The van der Waals surface area contributed by atoms with E-state index in [1.165, 1.54) is 38.2 Å². The van der Waals surface area contributed by atoms with Crippen LogP contribution in [-0.2, 0) is 23.9 Å². The Hall–Kier alpha value is -5.32. The van der Waals surface area contributed by atoms with Crippen LogP contribution in [0.2, 0.25) is 0 Å². The molecule has 0 aliphatic rings. The molecule has 3 rings (SSSR count). The number of carbonyl (C=O) groups excluding carboxylic acids is 5. The van der Waals surface area contributed by atoms with E-state index in [1.54, 1.807) is 26.0 Å². The van der Waals surface area contributed by atoms with Gasteiger partial charge in [0.1, 0.15) is 0 Å². The van der Waals surface area contributed by atoms with Gasteiger partial charge < -0.3 is 24.4 Å². The number of carbonyl (C=O) groups is 5. The number of ether oxygens (including phenoxy) is 3. The third-order valence-electron chi connectivity index (χ3n) is 6.92. The minimum atomic E-state index is -1.91. The fourth-order valence-electron chi connectivity index (χ4n) is 4.56. The fraction of sp³-hybridized carbons (Fsp3) is 0.294. The highest BCUT2D eigenvalue weighted by molar-refractivity contribution is 6.11. The van der Waals surface area contributed by atoms with Crippen molar-refractivity contribution in [2.24, 2.45) is 5.41 Å². The van der Waals surface area contributed by atoms with E-state index in [2.05, 4.69) is 16.9 Å². The number of amides is 2. The molecular formula is C34H39N3O8. The van der Waals surface area contributed by atoms with Crippen LogP contribution in [0.3, 0.4) is 0 Å². The summed E-state index contributed by atoms with van der Waals surface area (Å²) >= 11 is 0. The fourth-order valence-corrected chi connectivity index (χ4v) is 4.56. The summed E-state index contributed by atoms with van der Waals surface area (Å²) in [5, 5.41) is 2.76. The minimum Gasteiger partial charge on any atom is -0.465 e. The Morgan fingerprint density at radius 1 is 0.911 bits per heavy atom. The highest BCUT2D eigenvalue weighted by Gasteiger charge is 2.50. The average molecular weight is 618 g/mol. The van der Waals surface area contributed by atoms with Crippen LogP contribution in [0.1, 0.15) is 55.8 Å². The van der Waals surface area contributed by atoms with E-state index in [1.807, 2.05) is 42.5 Å². The lowest BCUT2D eigenvalue weighted by atomic mass is 9.77. The van der Waals surface area contributed by atoms with Gasteiger partial charge in [0.05, 0.1) is 30.7 Å². The molecule has 11 heteroatoms. The molecule has 1 aromatic heterocycles. The van der Waals surface area contributed by atoms with Gasteiger partial charge in [-0.3, -0.25) is 24.0 Å². The van der Waals surface area contributed by atoms with Crippen LogP contribution in [0.15, 0.2) is 79.0 Å². The molecule has 0 atom stereocenters. The van der Waals surface area contributed by atoms with Crippen LogP contribution >= 0.6 is 0 Å². The van der Waals surface area contributed by atoms with Gasteiger partial charge in [-0.1, -0.05) is 60.7 Å². The SMILES string of the molecule is C=C(C)C(CCC(=O)Oc1cc(C(=O)N(C)C)c(NC(=O)c2ccccc2-c2ccccc2)cn1)(C(=O)OCC)C(=O)OCC.[HH]. The van der Waals surface area contributed by atoms with Crippen molar-refractivity contribution in [2.45, 2.75) is 33.6 Å². The lowest BCUT2D eigenvalue weighted by Crippen LogP contribution is -2.43. The highest BCUT2D eigenvalue weighted by atomic mass is 16.6. The smallest absolute Gasteiger partial charge is 0.327 e. The van der Waals surface area contributed by atoms with Crippen LogP contribution in [0.25, 0.3) is 11.1 Å². The van der Waals surface area contributed by atoms with Gasteiger partial charge in [-0.2, -0.15) is 0 Å². The van der Waals surface area contributed by atoms with Crippen LogP contribution in [0, 0.1) is 5.41 Å². The molecular weight excluding hydrogens is 578 g/mol. The highest BCUT2D eigenvalue weighted by Crippen LogP contribution is 2.36. The number of pyridine rings is 1. The van der Waals surface area contributed by atoms with Gasteiger partial charge in [-0.25, -0.2) is 4.98 Å². The summed E-state index contributed by atoms with van der Waals surface area (Å²) in [5.74, 6) is -3.76. The molecule has 45 heavy (non-hydrogen) atoms. The molecule has 238 valence electrons. The van der Waals surface area contributed by atoms with Gasteiger partial charge in [0.2, 0.25) is 5.88 Å². The zero-order chi connectivity index (χ0) is 33.1. The quantitative estimate of drug-likeness (QED) is 0.153. The number of rotatable bonds is 13. The number of hydrogen-bond acceptors (Lipinski definition) is 9. The van der Waals surface area contributed by atoms with Crippen molar-refractivity contribution in [3.05, 3.63) is 90.1 Å². The third-order valence-corrected chi connectivity index (χ3v) is 6.92. The minimum absolute atomic E-state index is 0. The monoisotopic (exact) mass is 617 g/mol. The van der Waals surface area contributed by atoms with Gasteiger partial charge in [0, 0.05) is 33.6 Å². The third kappa shape index (κ3) is 7.99. The van der Waals surface area contributed by atoms with Crippen LogP contribution in [0.5, 0.6) is 5.88 Å². The Labute approximate surface area is 263 Å². The van der Waals surface area contributed by atoms with E-state index in [-0.39, 0.29) is 43.8 Å². The summed E-state index contributed by atoms with van der Waals surface area (Å²) in [7, 11) is 3.07. The average Bonchev–Trinajstić information content (AvgIpc) is 3.02. The van der Waals surface area contributed by atoms with Crippen molar-refractivity contribution in [1.82, 2.24) is 9.88 Å². The molecule has 2 aromatic carbocycles. The molecule has 0 aliphatic heterocycles. The van der Waals surface area contributed by atoms with Gasteiger partial charge in [0.15, 0.2) is 5.41 Å². The molecule has 0 radical (unpaired) electrons. The van der Waals surface area contributed by atoms with E-state index in [0.29, 0.717) is 11.1 Å². The maximum absolute atomic E-state index is 13.4. The van der Waals surface area contributed by atoms with Crippen molar-refractivity contribution >= 4 is 35.4 Å². The molecule has 0 spiro atoms. The molecule has 0 saturated heterocycles. The maximum Gasteiger partial charge on any atom is 0.327 e. The van der Waals surface area contributed by atoms with E-state index >= 15 is 0 Å². The standard InChI is InChI=1S/C34H37N3O8.H2/c1-7-43-32(41)34(22(3)4,33(42)44-8-2)19-18-29(38)45-28-20-26(31(40)37(5)6)27(21-35-28)36-30(39)25-17-13-12-16-24(25)23-14-10-9-11-15-23;/h9-17,20-21H,3,7-8,18-19H2,1-2,4-6H3,(H,36,39);1H. The van der Waals surface area contributed by atoms with Gasteiger partial charge in [-0.05, 0) is 44.4 Å². The lowest BCUT2D eigenvalue weighted by molar-refractivity contribution is -0.169. The van der Waals surface area contributed by atoms with Crippen LogP contribution < -0.4 is 10.1 Å². The largest absolute Gasteiger partial charge is 0.465 e. The molecule has 3 aromatic rings. The molecule has 1 N–H and O–H groups in total. The topological polar surface area (TPSA) is 141 Å². The van der Waals surface area contributed by atoms with Crippen molar-refractivity contribution in [3.63, 3.8) is 0 Å². The van der Waals surface area contributed by atoms with E-state index in [9.17, 15) is 24.0 Å². The number of hydrogen-bond donors (Lipinski definition) is 1. The van der Waals surface area contributed by atoms with Crippen molar-refractivity contribution in [3.8, 4) is 17.0 Å². The second-order valence-corrected chi connectivity index (χ2v) is 10.2. The summed E-state index contributed by atoms with van der Waals surface area (Å²) in [6.45, 7) is 8.45. The van der Waals surface area contributed by atoms with Crippen molar-refractivity contribution < 1.29 is 39.6 Å². The van der Waals surface area contributed by atoms with E-state index < -0.39 is 41.6 Å². The molecule has 0 bridgehead atoms. The Bertz CT molecular complexity index is 1570. The Balaban J connectivity index is 0.00000736. The molecule has 2 amide bonds. The Morgan fingerprint density at radius 3 is 2.09 bits per heavy atom. The summed E-state index contributed by atoms with van der Waals surface area (Å²) in [5.41, 5.74) is 0.296. The number of benzene rings is 2. The van der Waals surface area contributed by atoms with Crippen molar-refractivity contribution in [1.29, 1.82) is 0 Å². The second-order valence-electron chi connectivity index (χ2n) is 10.2. The van der Waals surface area contributed by atoms with Gasteiger partial charge in [-0.15, -0.1) is 0 Å². The number of nitrogens with one attached hydrogen (secondary N) is 1. The first-order chi connectivity index (χ1) is 21.5. The predicted molar refractivity (Wildman–Crippen MR) is 170 cm³/mol. The summed E-state index contributed by atoms with van der Waals surface area (Å²) < 4.78 is 15.6. The van der Waals surface area contributed by atoms with Gasteiger partial charge in [0.25, 0.3) is 11.8 Å². The maximum atomic E-state index is 13.4. The molecule has 0 saturated carbocycles. The van der Waals surface area contributed by atoms with Crippen LogP contribution in [0.4, 0.5) is 5.69 Å². The number of anilines is 1. The molecule has 0 fully saturated rings. The summed E-state index contributed by atoms with van der Waals surface area (Å²) in [6.07, 6.45) is 0.493. The van der Waals surface area contributed by atoms with E-state index in [4.69, 9.17) is 14.2 Å². The second kappa shape index (κ2) is 15.4. The zero-order valence-corrected chi connectivity index (χ0v) is 26.0. The molecule has 1 heterocycles. The zero-order valence-electron chi connectivity index (χ0n) is 26.0. The number of aromatic nitrogens is 1. The molecule has 11 nitrogen and oxygen atoms in total. The molecule has 0 unspecified atom stereocenters. The normalized spacial score (nSPS) is 10.8. The van der Waals surface area contributed by atoms with Crippen LogP contribution in [-0.4, -0.2) is 66.9 Å². The number of esters is 3. The van der Waals surface area contributed by atoms with E-state index in [0.717, 1.165) is 5.56 Å². The predicted octanol–water partition coefficient (Wildman–Crippen LogP) is 5.32. The summed E-state index contributed by atoms with van der Waals surface area (Å²) in [4.78, 5) is 70.6. The first-order valence-electron chi connectivity index (χ1n) is 14.3. The van der Waals surface area contributed by atoms with Gasteiger partial charge >= 0.3 is 17.9 Å². The Morgan fingerprint density at radius 2 is 1.51 bits per heavy atom. The first-order valence-corrected chi connectivity index (χ1v) is 14.3. The Kier molecular flexibility index (Phi) is 11.7. The summed E-state index contributed by atoms with van der Waals surface area (Å²) in [6, 6.07) is 17.7. The molecule has 0 aliphatic carbocycles.